The van der Waals surface area contributed by atoms with Crippen molar-refractivity contribution >= 4 is 34.8 Å². The number of aliphatic hydroxyl groups excluding tert-OH is 1. The zero-order valence-electron chi connectivity index (χ0n) is 7.27. The van der Waals surface area contributed by atoms with Gasteiger partial charge in [0.1, 0.15) is 6.10 Å². The molecule has 0 aromatic heterocycles. The molecule has 0 saturated heterocycles. The smallest absolute Gasteiger partial charge is 0.216 e. The molecule has 1 aliphatic rings. The maximum Gasteiger partial charge on any atom is 0.216 e. The zero-order valence-corrected chi connectivity index (χ0v) is 9.54. The standard InChI is InChI=1S/C9H13Cl3O/c10-9(11,12)8(13)6-7-4-2-1-3-5-7/h4,8,13H,1-3,5-6H2/t8-/m1/s1. The highest BCUT2D eigenvalue weighted by Crippen LogP contribution is 2.34. The van der Waals surface area contributed by atoms with E-state index in [1.165, 1.54) is 18.4 Å². The van der Waals surface area contributed by atoms with E-state index in [9.17, 15) is 5.11 Å². The van der Waals surface area contributed by atoms with Gasteiger partial charge < -0.3 is 5.11 Å². The molecule has 1 N–H and O–H groups in total. The van der Waals surface area contributed by atoms with E-state index in [0.29, 0.717) is 6.42 Å². The van der Waals surface area contributed by atoms with Crippen molar-refractivity contribution in [1.82, 2.24) is 0 Å². The number of rotatable bonds is 2. The number of halogens is 3. The van der Waals surface area contributed by atoms with E-state index in [2.05, 4.69) is 6.08 Å². The summed E-state index contributed by atoms with van der Waals surface area (Å²) in [5, 5.41) is 9.50. The molecule has 0 radical (unpaired) electrons. The first-order valence-corrected chi connectivity index (χ1v) is 5.56. The number of aliphatic hydroxyl groups is 1. The molecule has 0 heterocycles. The third-order valence-corrected chi connectivity index (χ3v) is 2.97. The van der Waals surface area contributed by atoms with E-state index in [1.54, 1.807) is 0 Å². The van der Waals surface area contributed by atoms with Crippen LogP contribution in [0.25, 0.3) is 0 Å². The molecule has 4 heteroatoms. The predicted octanol–water partition coefficient (Wildman–Crippen LogP) is 3.61. The van der Waals surface area contributed by atoms with Crippen LogP contribution in [0.2, 0.25) is 0 Å². The molecule has 0 saturated carbocycles. The molecule has 0 fully saturated rings. The van der Waals surface area contributed by atoms with Crippen LogP contribution in [0.3, 0.4) is 0 Å². The molecule has 1 rings (SSSR count). The Bertz CT molecular complexity index is 196. The topological polar surface area (TPSA) is 20.2 Å². The maximum atomic E-state index is 9.50. The Hall–Kier alpha value is 0.570. The average Bonchev–Trinajstić information content (AvgIpc) is 2.04. The molecule has 0 aromatic rings. The minimum atomic E-state index is -1.56. The number of hydrogen-bond acceptors (Lipinski definition) is 1. The second-order valence-electron chi connectivity index (χ2n) is 3.37. The van der Waals surface area contributed by atoms with Crippen molar-refractivity contribution in [2.24, 2.45) is 0 Å². The van der Waals surface area contributed by atoms with Gasteiger partial charge in [0.2, 0.25) is 3.79 Å². The van der Waals surface area contributed by atoms with Crippen LogP contribution in [0.5, 0.6) is 0 Å². The number of allylic oxidation sites excluding steroid dienone is 1. The van der Waals surface area contributed by atoms with Gasteiger partial charge in [-0.05, 0) is 32.1 Å². The molecule has 1 atom stereocenters. The first kappa shape index (κ1) is 11.6. The Morgan fingerprint density at radius 2 is 2.08 bits per heavy atom. The first-order valence-electron chi connectivity index (χ1n) is 4.43. The summed E-state index contributed by atoms with van der Waals surface area (Å²) in [4.78, 5) is 0. The van der Waals surface area contributed by atoms with Crippen molar-refractivity contribution in [1.29, 1.82) is 0 Å². The largest absolute Gasteiger partial charge is 0.388 e. The molecular weight excluding hydrogens is 230 g/mol. The predicted molar refractivity (Wildman–Crippen MR) is 57.5 cm³/mol. The fourth-order valence-corrected chi connectivity index (χ4v) is 1.69. The van der Waals surface area contributed by atoms with E-state index in [4.69, 9.17) is 34.8 Å². The number of alkyl halides is 3. The minimum Gasteiger partial charge on any atom is -0.388 e. The van der Waals surface area contributed by atoms with Crippen LogP contribution in [0.15, 0.2) is 11.6 Å². The number of hydrogen-bond donors (Lipinski definition) is 1. The molecule has 0 spiro atoms. The maximum absolute atomic E-state index is 9.50. The highest BCUT2D eigenvalue weighted by molar-refractivity contribution is 6.68. The van der Waals surface area contributed by atoms with Crippen LogP contribution in [0.1, 0.15) is 32.1 Å². The van der Waals surface area contributed by atoms with Crippen LogP contribution in [0.4, 0.5) is 0 Å². The van der Waals surface area contributed by atoms with Gasteiger partial charge in [-0.1, -0.05) is 46.5 Å². The normalized spacial score (nSPS) is 21.1. The molecule has 13 heavy (non-hydrogen) atoms. The quantitative estimate of drug-likeness (QED) is 0.580. The summed E-state index contributed by atoms with van der Waals surface area (Å²) in [6.45, 7) is 0. The van der Waals surface area contributed by atoms with E-state index in [0.717, 1.165) is 12.8 Å². The molecule has 0 aliphatic heterocycles. The molecule has 1 nitrogen and oxygen atoms in total. The summed E-state index contributed by atoms with van der Waals surface area (Å²) in [6.07, 6.45) is 6.26. The molecule has 0 unspecified atom stereocenters. The minimum absolute atomic E-state index is 0.483. The fraction of sp³-hybridized carbons (Fsp3) is 0.778. The van der Waals surface area contributed by atoms with Crippen molar-refractivity contribution < 1.29 is 5.11 Å². The van der Waals surface area contributed by atoms with Crippen LogP contribution < -0.4 is 0 Å². The first-order chi connectivity index (χ1) is 6.00. The Morgan fingerprint density at radius 1 is 1.38 bits per heavy atom. The zero-order chi connectivity index (χ0) is 9.90. The Kier molecular flexibility index (Phi) is 4.37. The van der Waals surface area contributed by atoms with Crippen molar-refractivity contribution in [2.45, 2.75) is 42.0 Å². The van der Waals surface area contributed by atoms with Gasteiger partial charge in [0.25, 0.3) is 0 Å². The van der Waals surface area contributed by atoms with E-state index in [-0.39, 0.29) is 0 Å². The van der Waals surface area contributed by atoms with Gasteiger partial charge in [0, 0.05) is 0 Å². The summed E-state index contributed by atoms with van der Waals surface area (Å²) >= 11 is 16.7. The summed E-state index contributed by atoms with van der Waals surface area (Å²) in [7, 11) is 0. The second kappa shape index (κ2) is 4.88. The molecule has 1 aliphatic carbocycles. The van der Waals surface area contributed by atoms with Crippen LogP contribution >= 0.6 is 34.8 Å². The van der Waals surface area contributed by atoms with Crippen LogP contribution in [0, 0.1) is 0 Å². The highest BCUT2D eigenvalue weighted by atomic mass is 35.6. The summed E-state index contributed by atoms with van der Waals surface area (Å²) in [5.41, 5.74) is 1.21. The van der Waals surface area contributed by atoms with Gasteiger partial charge in [-0.3, -0.25) is 0 Å². The van der Waals surface area contributed by atoms with Crippen LogP contribution in [-0.4, -0.2) is 15.0 Å². The fourth-order valence-electron chi connectivity index (χ4n) is 1.45. The lowest BCUT2D eigenvalue weighted by Crippen LogP contribution is -2.25. The summed E-state index contributed by atoms with van der Waals surface area (Å²) in [6, 6.07) is 0. The van der Waals surface area contributed by atoms with E-state index >= 15 is 0 Å². The van der Waals surface area contributed by atoms with Crippen molar-refractivity contribution in [2.75, 3.05) is 0 Å². The van der Waals surface area contributed by atoms with Gasteiger partial charge in [-0.15, -0.1) is 0 Å². The molecule has 0 amide bonds. The average molecular weight is 244 g/mol. The van der Waals surface area contributed by atoms with Crippen LogP contribution in [-0.2, 0) is 0 Å². The van der Waals surface area contributed by atoms with Gasteiger partial charge >= 0.3 is 0 Å². The van der Waals surface area contributed by atoms with Crippen molar-refractivity contribution in [3.05, 3.63) is 11.6 Å². The lowest BCUT2D eigenvalue weighted by Gasteiger charge is -2.21. The van der Waals surface area contributed by atoms with Gasteiger partial charge in [-0.25, -0.2) is 0 Å². The summed E-state index contributed by atoms with van der Waals surface area (Å²) in [5.74, 6) is 0. The highest BCUT2D eigenvalue weighted by Gasteiger charge is 2.31. The summed E-state index contributed by atoms with van der Waals surface area (Å²) < 4.78 is -1.56. The Balaban J connectivity index is 2.43. The lowest BCUT2D eigenvalue weighted by molar-refractivity contribution is 0.177. The third-order valence-electron chi connectivity index (χ3n) is 2.22. The molecular formula is C9H13Cl3O. The van der Waals surface area contributed by atoms with Crippen molar-refractivity contribution in [3.63, 3.8) is 0 Å². The van der Waals surface area contributed by atoms with Crippen molar-refractivity contribution in [3.8, 4) is 0 Å². The molecule has 0 bridgehead atoms. The lowest BCUT2D eigenvalue weighted by atomic mass is 9.95. The molecule has 76 valence electrons. The SMILES string of the molecule is O[C@H](CC1=CCCCC1)C(Cl)(Cl)Cl. The third kappa shape index (κ3) is 4.07. The Morgan fingerprint density at radius 3 is 2.54 bits per heavy atom. The van der Waals surface area contributed by atoms with E-state index in [1.807, 2.05) is 0 Å². The molecule has 0 aromatic carbocycles. The second-order valence-corrected chi connectivity index (χ2v) is 5.74. The van der Waals surface area contributed by atoms with E-state index < -0.39 is 9.90 Å². The monoisotopic (exact) mass is 242 g/mol. The van der Waals surface area contributed by atoms with Gasteiger partial charge in [0.05, 0.1) is 0 Å². The Labute approximate surface area is 93.7 Å². The van der Waals surface area contributed by atoms with Gasteiger partial charge in [0.15, 0.2) is 0 Å². The van der Waals surface area contributed by atoms with Gasteiger partial charge in [-0.2, -0.15) is 0 Å².